The van der Waals surface area contributed by atoms with Crippen LogP contribution in [0, 0.1) is 6.92 Å². The minimum Gasteiger partial charge on any atom is -0.310 e. The summed E-state index contributed by atoms with van der Waals surface area (Å²) in [5.41, 5.74) is 2.75. The Hall–Kier alpha value is -0.860. The summed E-state index contributed by atoms with van der Waals surface area (Å²) in [5, 5.41) is 3.68. The molecule has 0 bridgehead atoms. The van der Waals surface area contributed by atoms with Gasteiger partial charge in [0, 0.05) is 6.04 Å². The van der Waals surface area contributed by atoms with Gasteiger partial charge in [-0.1, -0.05) is 43.7 Å². The fraction of sp³-hybridized carbons (Fsp3) is 0.647. The molecule has 1 aromatic carbocycles. The standard InChI is InChI=1S/C17H30N2/c1-5-12-18-17(11-14-19(4)13-6-2)16-9-7-15(3)8-10-16/h7-10,17-18H,5-6,11-14H2,1-4H3. The van der Waals surface area contributed by atoms with Gasteiger partial charge in [0.25, 0.3) is 0 Å². The van der Waals surface area contributed by atoms with E-state index >= 15 is 0 Å². The Morgan fingerprint density at radius 1 is 1.05 bits per heavy atom. The Kier molecular flexibility index (Phi) is 7.76. The summed E-state index contributed by atoms with van der Waals surface area (Å²) in [6.45, 7) is 10.0. The molecule has 2 nitrogen and oxygen atoms in total. The molecule has 0 aromatic heterocycles. The highest BCUT2D eigenvalue weighted by Crippen LogP contribution is 2.18. The topological polar surface area (TPSA) is 15.3 Å². The van der Waals surface area contributed by atoms with Crippen molar-refractivity contribution < 1.29 is 0 Å². The molecule has 1 unspecified atom stereocenters. The Morgan fingerprint density at radius 2 is 1.74 bits per heavy atom. The van der Waals surface area contributed by atoms with Gasteiger partial charge in [-0.25, -0.2) is 0 Å². The third-order valence-corrected chi connectivity index (χ3v) is 3.53. The van der Waals surface area contributed by atoms with Crippen LogP contribution in [0.4, 0.5) is 0 Å². The second kappa shape index (κ2) is 9.11. The quantitative estimate of drug-likeness (QED) is 0.729. The largest absolute Gasteiger partial charge is 0.310 e. The van der Waals surface area contributed by atoms with Crippen LogP contribution in [0.3, 0.4) is 0 Å². The van der Waals surface area contributed by atoms with E-state index in [1.54, 1.807) is 0 Å². The smallest absolute Gasteiger partial charge is 0.0332 e. The summed E-state index contributed by atoms with van der Waals surface area (Å²) in [6.07, 6.45) is 3.60. The number of aryl methyl sites for hydroxylation is 1. The summed E-state index contributed by atoms with van der Waals surface area (Å²) in [7, 11) is 2.22. The molecule has 0 saturated heterocycles. The van der Waals surface area contributed by atoms with Crippen molar-refractivity contribution in [3.63, 3.8) is 0 Å². The van der Waals surface area contributed by atoms with Gasteiger partial charge < -0.3 is 10.2 Å². The lowest BCUT2D eigenvalue weighted by Gasteiger charge is -2.23. The first-order valence-electron chi connectivity index (χ1n) is 7.65. The number of hydrogen-bond donors (Lipinski definition) is 1. The molecule has 1 aromatic rings. The van der Waals surface area contributed by atoms with E-state index in [-0.39, 0.29) is 0 Å². The van der Waals surface area contributed by atoms with E-state index in [9.17, 15) is 0 Å². The first-order valence-corrected chi connectivity index (χ1v) is 7.65. The SMILES string of the molecule is CCCNC(CCN(C)CCC)c1ccc(C)cc1. The highest BCUT2D eigenvalue weighted by Gasteiger charge is 2.11. The van der Waals surface area contributed by atoms with Crippen LogP contribution in [-0.4, -0.2) is 31.6 Å². The normalized spacial score (nSPS) is 12.9. The summed E-state index contributed by atoms with van der Waals surface area (Å²) < 4.78 is 0. The molecule has 0 aliphatic rings. The van der Waals surface area contributed by atoms with Crippen LogP contribution in [0.5, 0.6) is 0 Å². The van der Waals surface area contributed by atoms with Gasteiger partial charge in [0.15, 0.2) is 0 Å². The number of hydrogen-bond acceptors (Lipinski definition) is 2. The summed E-state index contributed by atoms with van der Waals surface area (Å²) in [5.74, 6) is 0. The van der Waals surface area contributed by atoms with Crippen molar-refractivity contribution in [1.82, 2.24) is 10.2 Å². The zero-order valence-electron chi connectivity index (χ0n) is 13.1. The molecule has 1 N–H and O–H groups in total. The molecule has 19 heavy (non-hydrogen) atoms. The predicted octanol–water partition coefficient (Wildman–Crippen LogP) is 3.77. The highest BCUT2D eigenvalue weighted by molar-refractivity contribution is 5.24. The van der Waals surface area contributed by atoms with Crippen molar-refractivity contribution in [2.75, 3.05) is 26.7 Å². The number of nitrogens with zero attached hydrogens (tertiary/aromatic N) is 1. The molecule has 0 saturated carbocycles. The minimum atomic E-state index is 0.486. The maximum Gasteiger partial charge on any atom is 0.0332 e. The van der Waals surface area contributed by atoms with E-state index in [2.05, 4.69) is 62.3 Å². The molecule has 0 aliphatic heterocycles. The molecule has 108 valence electrons. The third kappa shape index (κ3) is 6.22. The molecule has 0 spiro atoms. The van der Waals surface area contributed by atoms with Gasteiger partial charge in [0.05, 0.1) is 0 Å². The van der Waals surface area contributed by atoms with Gasteiger partial charge in [0.1, 0.15) is 0 Å². The highest BCUT2D eigenvalue weighted by atomic mass is 15.1. The van der Waals surface area contributed by atoms with E-state index in [4.69, 9.17) is 0 Å². The van der Waals surface area contributed by atoms with E-state index in [1.165, 1.54) is 36.9 Å². The van der Waals surface area contributed by atoms with Gasteiger partial charge in [0.2, 0.25) is 0 Å². The molecule has 1 atom stereocenters. The van der Waals surface area contributed by atoms with Crippen molar-refractivity contribution in [3.8, 4) is 0 Å². The Morgan fingerprint density at radius 3 is 2.32 bits per heavy atom. The molecule has 0 radical (unpaired) electrons. The summed E-state index contributed by atoms with van der Waals surface area (Å²) in [6, 6.07) is 9.45. The monoisotopic (exact) mass is 262 g/mol. The van der Waals surface area contributed by atoms with Crippen LogP contribution >= 0.6 is 0 Å². The van der Waals surface area contributed by atoms with Gasteiger partial charge in [-0.15, -0.1) is 0 Å². The Labute approximate surface area is 119 Å². The predicted molar refractivity (Wildman–Crippen MR) is 84.6 cm³/mol. The van der Waals surface area contributed by atoms with Crippen LogP contribution in [0.1, 0.15) is 50.3 Å². The van der Waals surface area contributed by atoms with Gasteiger partial charge in [-0.3, -0.25) is 0 Å². The van der Waals surface area contributed by atoms with Gasteiger partial charge in [-0.05, 0) is 58.4 Å². The van der Waals surface area contributed by atoms with E-state index in [1.807, 2.05) is 0 Å². The lowest BCUT2D eigenvalue weighted by atomic mass is 10.0. The van der Waals surface area contributed by atoms with Crippen LogP contribution in [0.2, 0.25) is 0 Å². The number of benzene rings is 1. The number of nitrogens with one attached hydrogen (secondary N) is 1. The zero-order valence-corrected chi connectivity index (χ0v) is 13.1. The van der Waals surface area contributed by atoms with Crippen molar-refractivity contribution >= 4 is 0 Å². The van der Waals surface area contributed by atoms with Gasteiger partial charge >= 0.3 is 0 Å². The number of rotatable bonds is 9. The van der Waals surface area contributed by atoms with Crippen LogP contribution < -0.4 is 5.32 Å². The second-order valence-electron chi connectivity index (χ2n) is 5.51. The van der Waals surface area contributed by atoms with Crippen LogP contribution in [0.25, 0.3) is 0 Å². The maximum atomic E-state index is 3.68. The molecule has 0 heterocycles. The van der Waals surface area contributed by atoms with Crippen LogP contribution in [0.15, 0.2) is 24.3 Å². The first kappa shape index (κ1) is 16.2. The molecule has 0 fully saturated rings. The Balaban J connectivity index is 2.58. The van der Waals surface area contributed by atoms with Crippen LogP contribution in [-0.2, 0) is 0 Å². The van der Waals surface area contributed by atoms with E-state index in [0.717, 1.165) is 13.1 Å². The molecule has 2 heteroatoms. The lowest BCUT2D eigenvalue weighted by Crippen LogP contribution is -2.28. The van der Waals surface area contributed by atoms with Crippen molar-refractivity contribution in [2.45, 2.75) is 46.1 Å². The second-order valence-corrected chi connectivity index (χ2v) is 5.51. The zero-order chi connectivity index (χ0) is 14.1. The average Bonchev–Trinajstić information content (AvgIpc) is 2.40. The van der Waals surface area contributed by atoms with Gasteiger partial charge in [-0.2, -0.15) is 0 Å². The fourth-order valence-corrected chi connectivity index (χ4v) is 2.35. The van der Waals surface area contributed by atoms with E-state index < -0.39 is 0 Å². The first-order chi connectivity index (χ1) is 9.17. The third-order valence-electron chi connectivity index (χ3n) is 3.53. The average molecular weight is 262 g/mol. The minimum absolute atomic E-state index is 0.486. The van der Waals surface area contributed by atoms with Crippen molar-refractivity contribution in [1.29, 1.82) is 0 Å². The van der Waals surface area contributed by atoms with Crippen molar-refractivity contribution in [3.05, 3.63) is 35.4 Å². The summed E-state index contributed by atoms with van der Waals surface area (Å²) in [4.78, 5) is 2.43. The molecule has 0 aliphatic carbocycles. The lowest BCUT2D eigenvalue weighted by molar-refractivity contribution is 0.308. The summed E-state index contributed by atoms with van der Waals surface area (Å²) >= 11 is 0. The fourth-order valence-electron chi connectivity index (χ4n) is 2.35. The molecule has 1 rings (SSSR count). The maximum absolute atomic E-state index is 3.68. The molecule has 0 amide bonds. The molecular formula is C17H30N2. The molecular weight excluding hydrogens is 232 g/mol. The Bertz CT molecular complexity index is 332. The van der Waals surface area contributed by atoms with E-state index in [0.29, 0.717) is 6.04 Å². The van der Waals surface area contributed by atoms with Crippen molar-refractivity contribution in [2.24, 2.45) is 0 Å².